The van der Waals surface area contributed by atoms with Crippen molar-refractivity contribution in [3.8, 4) is 11.1 Å². The molecule has 3 aromatic heterocycles. The summed E-state index contributed by atoms with van der Waals surface area (Å²) in [4.78, 5) is 34.0. The van der Waals surface area contributed by atoms with Crippen molar-refractivity contribution in [3.05, 3.63) is 68.1 Å². The molecule has 0 bridgehead atoms. The quantitative estimate of drug-likeness (QED) is 0.415. The van der Waals surface area contributed by atoms with E-state index in [1.807, 2.05) is 12.1 Å². The number of aromatic amines is 2. The Balaban J connectivity index is 2.15. The van der Waals surface area contributed by atoms with E-state index < -0.39 is 11.2 Å². The average Bonchev–Trinajstić information content (AvgIpc) is 2.53. The van der Waals surface area contributed by atoms with Crippen LogP contribution < -0.4 is 11.2 Å². The summed E-state index contributed by atoms with van der Waals surface area (Å²) in [5, 5.41) is 1.04. The van der Waals surface area contributed by atoms with E-state index in [0.29, 0.717) is 22.4 Å². The van der Waals surface area contributed by atoms with Gasteiger partial charge >= 0.3 is 5.63 Å². The van der Waals surface area contributed by atoms with Gasteiger partial charge in [-0.2, -0.15) is 0 Å². The summed E-state index contributed by atoms with van der Waals surface area (Å²) < 4.78 is 5.52. The fourth-order valence-corrected chi connectivity index (χ4v) is 2.75. The van der Waals surface area contributed by atoms with E-state index in [1.54, 1.807) is 24.3 Å². The minimum atomic E-state index is -0.516. The first-order valence-electron chi connectivity index (χ1n) is 6.78. The molecule has 7 heteroatoms. The molecule has 0 saturated carbocycles. The SMILES string of the molecule is O=c1oc2ccccc2cc1-c1ccnc2[nH]c(=S)[nH]c(=O)c12. The number of rotatable bonds is 1. The molecule has 0 radical (unpaired) electrons. The van der Waals surface area contributed by atoms with Crippen LogP contribution in [0, 0.1) is 4.77 Å². The van der Waals surface area contributed by atoms with Crippen molar-refractivity contribution in [3.63, 3.8) is 0 Å². The molecule has 0 amide bonds. The molecule has 23 heavy (non-hydrogen) atoms. The van der Waals surface area contributed by atoms with Gasteiger partial charge in [-0.1, -0.05) is 18.2 Å². The molecule has 0 saturated heterocycles. The lowest BCUT2D eigenvalue weighted by Crippen LogP contribution is -2.12. The van der Waals surface area contributed by atoms with Gasteiger partial charge in [0.25, 0.3) is 5.56 Å². The second kappa shape index (κ2) is 4.99. The third kappa shape index (κ3) is 2.18. The summed E-state index contributed by atoms with van der Waals surface area (Å²) in [6.45, 7) is 0. The van der Waals surface area contributed by atoms with Crippen LogP contribution in [0.25, 0.3) is 33.1 Å². The zero-order chi connectivity index (χ0) is 16.0. The standard InChI is InChI=1S/C16H9N3O3S/c20-14-12-9(5-6-17-13(12)18-16(23)19-14)10-7-8-3-1-2-4-11(8)22-15(10)21/h1-7H,(H2,17,18,19,20,23). The largest absolute Gasteiger partial charge is 0.422 e. The molecule has 0 spiro atoms. The highest BCUT2D eigenvalue weighted by atomic mass is 32.1. The summed E-state index contributed by atoms with van der Waals surface area (Å²) >= 11 is 4.94. The molecule has 112 valence electrons. The van der Waals surface area contributed by atoms with Crippen LogP contribution in [0.3, 0.4) is 0 Å². The second-order valence-corrected chi connectivity index (χ2v) is 5.38. The van der Waals surface area contributed by atoms with E-state index in [2.05, 4.69) is 15.0 Å². The van der Waals surface area contributed by atoms with Crippen LogP contribution >= 0.6 is 12.2 Å². The van der Waals surface area contributed by atoms with Crippen LogP contribution in [0.15, 0.2) is 56.6 Å². The molecule has 0 unspecified atom stereocenters. The number of fused-ring (bicyclic) bond motifs is 2. The molecule has 0 fully saturated rings. The van der Waals surface area contributed by atoms with Crippen molar-refractivity contribution in [1.29, 1.82) is 0 Å². The van der Waals surface area contributed by atoms with Crippen LogP contribution in [0.4, 0.5) is 0 Å². The number of benzene rings is 1. The molecular weight excluding hydrogens is 314 g/mol. The number of nitrogens with zero attached hydrogens (tertiary/aromatic N) is 1. The Kier molecular flexibility index (Phi) is 2.95. The van der Waals surface area contributed by atoms with Crippen LogP contribution in [0.1, 0.15) is 0 Å². The van der Waals surface area contributed by atoms with Crippen LogP contribution in [0.5, 0.6) is 0 Å². The molecule has 6 nitrogen and oxygen atoms in total. The average molecular weight is 323 g/mol. The van der Waals surface area contributed by atoms with Gasteiger partial charge in [-0.3, -0.25) is 9.78 Å². The fraction of sp³-hybridized carbons (Fsp3) is 0. The topological polar surface area (TPSA) is 91.8 Å². The van der Waals surface area contributed by atoms with Gasteiger partial charge in [0.1, 0.15) is 11.2 Å². The number of para-hydroxylation sites is 1. The van der Waals surface area contributed by atoms with E-state index >= 15 is 0 Å². The molecule has 0 atom stereocenters. The van der Waals surface area contributed by atoms with Crippen molar-refractivity contribution in [2.75, 3.05) is 0 Å². The lowest BCUT2D eigenvalue weighted by atomic mass is 10.0. The molecule has 0 aliphatic carbocycles. The number of aromatic nitrogens is 3. The number of hydrogen-bond acceptors (Lipinski definition) is 5. The number of pyridine rings is 1. The lowest BCUT2D eigenvalue weighted by molar-refractivity contribution is 0.563. The smallest absolute Gasteiger partial charge is 0.344 e. The third-order valence-electron chi connectivity index (χ3n) is 3.57. The first kappa shape index (κ1) is 13.6. The van der Waals surface area contributed by atoms with Crippen molar-refractivity contribution >= 4 is 34.2 Å². The normalized spacial score (nSPS) is 11.1. The molecule has 1 aromatic carbocycles. The maximum atomic E-state index is 12.3. The van der Waals surface area contributed by atoms with Gasteiger partial charge in [0, 0.05) is 17.1 Å². The monoisotopic (exact) mass is 323 g/mol. The maximum absolute atomic E-state index is 12.3. The first-order chi connectivity index (χ1) is 11.1. The Labute approximate surface area is 133 Å². The molecule has 3 heterocycles. The molecule has 4 aromatic rings. The fourth-order valence-electron chi connectivity index (χ4n) is 2.56. The van der Waals surface area contributed by atoms with Crippen LogP contribution in [-0.2, 0) is 0 Å². The van der Waals surface area contributed by atoms with Gasteiger partial charge in [-0.15, -0.1) is 0 Å². The summed E-state index contributed by atoms with van der Waals surface area (Å²) in [5.41, 5.74) is 0.642. The van der Waals surface area contributed by atoms with Gasteiger partial charge in [0.2, 0.25) is 0 Å². The molecule has 0 aliphatic rings. The number of H-pyrrole nitrogens is 2. The highest BCUT2D eigenvalue weighted by Crippen LogP contribution is 2.24. The number of nitrogens with one attached hydrogen (secondary N) is 2. The van der Waals surface area contributed by atoms with Gasteiger partial charge < -0.3 is 9.40 Å². The third-order valence-corrected chi connectivity index (χ3v) is 3.77. The predicted molar refractivity (Wildman–Crippen MR) is 89.0 cm³/mol. The summed E-state index contributed by atoms with van der Waals surface area (Å²) in [7, 11) is 0. The van der Waals surface area contributed by atoms with Gasteiger partial charge in [0.15, 0.2) is 4.77 Å². The number of hydrogen-bond donors (Lipinski definition) is 2. The molecular formula is C16H9N3O3S. The summed E-state index contributed by atoms with van der Waals surface area (Å²) in [6, 6.07) is 10.5. The van der Waals surface area contributed by atoms with E-state index in [0.717, 1.165) is 5.39 Å². The van der Waals surface area contributed by atoms with Gasteiger partial charge in [0.05, 0.1) is 10.9 Å². The Bertz CT molecular complexity index is 1240. The Hall–Kier alpha value is -3.06. The minimum absolute atomic E-state index is 0.178. The maximum Gasteiger partial charge on any atom is 0.344 e. The molecule has 2 N–H and O–H groups in total. The Morgan fingerprint density at radius 1 is 1.04 bits per heavy atom. The van der Waals surface area contributed by atoms with Crippen LogP contribution in [0.2, 0.25) is 0 Å². The summed E-state index contributed by atoms with van der Waals surface area (Å²) in [6.07, 6.45) is 1.51. The highest BCUT2D eigenvalue weighted by Gasteiger charge is 2.14. The predicted octanol–water partition coefficient (Wildman–Crippen LogP) is 2.75. The Morgan fingerprint density at radius 2 is 1.87 bits per heavy atom. The van der Waals surface area contributed by atoms with Crippen molar-refractivity contribution in [2.24, 2.45) is 0 Å². The first-order valence-corrected chi connectivity index (χ1v) is 7.19. The van der Waals surface area contributed by atoms with E-state index in [9.17, 15) is 9.59 Å². The van der Waals surface area contributed by atoms with Gasteiger partial charge in [-0.05, 0) is 30.4 Å². The lowest BCUT2D eigenvalue weighted by Gasteiger charge is -2.05. The molecule has 4 rings (SSSR count). The van der Waals surface area contributed by atoms with E-state index in [-0.39, 0.29) is 10.2 Å². The molecule has 0 aliphatic heterocycles. The van der Waals surface area contributed by atoms with E-state index in [1.165, 1.54) is 6.20 Å². The second-order valence-electron chi connectivity index (χ2n) is 4.98. The highest BCUT2D eigenvalue weighted by molar-refractivity contribution is 7.71. The van der Waals surface area contributed by atoms with Crippen molar-refractivity contribution in [2.45, 2.75) is 0 Å². The zero-order valence-corrected chi connectivity index (χ0v) is 12.4. The van der Waals surface area contributed by atoms with Crippen LogP contribution in [-0.4, -0.2) is 15.0 Å². The van der Waals surface area contributed by atoms with Crippen molar-refractivity contribution in [1.82, 2.24) is 15.0 Å². The summed E-state index contributed by atoms with van der Waals surface area (Å²) in [5.74, 6) is 0. The van der Waals surface area contributed by atoms with Gasteiger partial charge in [-0.25, -0.2) is 9.78 Å². The minimum Gasteiger partial charge on any atom is -0.422 e. The van der Waals surface area contributed by atoms with E-state index in [4.69, 9.17) is 16.6 Å². The Morgan fingerprint density at radius 3 is 2.74 bits per heavy atom. The zero-order valence-electron chi connectivity index (χ0n) is 11.6. The van der Waals surface area contributed by atoms with Crippen molar-refractivity contribution < 1.29 is 4.42 Å².